The summed E-state index contributed by atoms with van der Waals surface area (Å²) in [7, 11) is 2.21. The molecule has 28 heavy (non-hydrogen) atoms. The Bertz CT molecular complexity index is 1060. The van der Waals surface area contributed by atoms with Gasteiger partial charge in [-0.3, -0.25) is 9.69 Å². The van der Waals surface area contributed by atoms with Crippen LogP contribution < -0.4 is 11.3 Å². The lowest BCUT2D eigenvalue weighted by Gasteiger charge is -2.31. The molecule has 146 valence electrons. The van der Waals surface area contributed by atoms with E-state index in [-0.39, 0.29) is 0 Å². The van der Waals surface area contributed by atoms with Crippen LogP contribution in [0.15, 0.2) is 47.4 Å². The number of carbonyl (C=O) groups excluding carboxylic acids is 1. The van der Waals surface area contributed by atoms with Crippen molar-refractivity contribution in [1.82, 2.24) is 14.5 Å². The number of pyridine rings is 1. The highest BCUT2D eigenvalue weighted by Gasteiger charge is 2.18. The molecule has 6 heteroatoms. The van der Waals surface area contributed by atoms with E-state index in [1.54, 1.807) is 12.1 Å². The summed E-state index contributed by atoms with van der Waals surface area (Å²) >= 11 is 0. The molecule has 4 rings (SSSR count). The van der Waals surface area contributed by atoms with E-state index in [0.29, 0.717) is 17.3 Å². The van der Waals surface area contributed by atoms with E-state index in [9.17, 15) is 9.59 Å². The Morgan fingerprint density at radius 1 is 1.21 bits per heavy atom. The van der Waals surface area contributed by atoms with E-state index in [1.165, 1.54) is 43.9 Å². The van der Waals surface area contributed by atoms with Gasteiger partial charge in [0.1, 0.15) is 0 Å². The Kier molecular flexibility index (Phi) is 5.05. The van der Waals surface area contributed by atoms with Crippen molar-refractivity contribution < 1.29 is 4.79 Å². The molecule has 0 aliphatic heterocycles. The summed E-state index contributed by atoms with van der Waals surface area (Å²) in [6.45, 7) is 0.918. The van der Waals surface area contributed by atoms with E-state index >= 15 is 0 Å². The Balaban J connectivity index is 1.61. The van der Waals surface area contributed by atoms with Gasteiger partial charge < -0.3 is 10.7 Å². The fraction of sp³-hybridized carbons (Fsp3) is 0.364. The fourth-order valence-corrected chi connectivity index (χ4v) is 4.24. The van der Waals surface area contributed by atoms with Crippen molar-refractivity contribution in [3.8, 4) is 11.3 Å². The van der Waals surface area contributed by atoms with Gasteiger partial charge in [-0.2, -0.15) is 0 Å². The number of H-pyrrole nitrogens is 1. The number of nitrogens with one attached hydrogen (secondary N) is 1. The summed E-state index contributed by atoms with van der Waals surface area (Å²) < 4.78 is 0.922. The second-order valence-electron chi connectivity index (χ2n) is 7.75. The first kappa shape index (κ1) is 18.5. The van der Waals surface area contributed by atoms with Crippen molar-refractivity contribution >= 4 is 16.9 Å². The molecule has 2 heterocycles. The highest BCUT2D eigenvalue weighted by molar-refractivity contribution is 5.86. The van der Waals surface area contributed by atoms with Gasteiger partial charge in [0.25, 0.3) is 5.56 Å². The normalized spacial score (nSPS) is 15.4. The van der Waals surface area contributed by atoms with E-state index in [2.05, 4.69) is 35.1 Å². The number of primary amides is 1. The number of benzene rings is 1. The van der Waals surface area contributed by atoms with E-state index in [0.717, 1.165) is 22.0 Å². The van der Waals surface area contributed by atoms with Crippen LogP contribution in [0.5, 0.6) is 0 Å². The number of nitrogens with two attached hydrogens (primary N) is 1. The minimum absolute atomic E-state index is 0.418. The minimum Gasteiger partial charge on any atom is -0.354 e. The number of hydrogen-bond acceptors (Lipinski definition) is 3. The van der Waals surface area contributed by atoms with Crippen LogP contribution in [-0.2, 0) is 6.54 Å². The number of amides is 1. The molecule has 6 nitrogen and oxygen atoms in total. The van der Waals surface area contributed by atoms with Gasteiger partial charge in [0.2, 0.25) is 0 Å². The number of rotatable bonds is 4. The van der Waals surface area contributed by atoms with Gasteiger partial charge in [-0.05, 0) is 55.8 Å². The first-order valence-electron chi connectivity index (χ1n) is 9.86. The standard InChI is InChI=1S/C22H26N4O2/c1-25(17-6-3-2-4-7-17)14-15-9-10-19-16(12-15)13-20(24-19)18-8-5-11-26(21(18)27)22(23)28/h5,8-13,17,24H,2-4,6-7,14H2,1H3,(H2,23,28). The zero-order valence-corrected chi connectivity index (χ0v) is 16.1. The Morgan fingerprint density at radius 3 is 2.75 bits per heavy atom. The minimum atomic E-state index is -0.781. The highest BCUT2D eigenvalue weighted by atomic mass is 16.2. The van der Waals surface area contributed by atoms with Crippen molar-refractivity contribution in [2.45, 2.75) is 44.7 Å². The molecule has 3 N–H and O–H groups in total. The monoisotopic (exact) mass is 378 g/mol. The van der Waals surface area contributed by atoms with Crippen molar-refractivity contribution in [3.63, 3.8) is 0 Å². The first-order valence-corrected chi connectivity index (χ1v) is 9.86. The summed E-state index contributed by atoms with van der Waals surface area (Å²) in [5.41, 5.74) is 8.20. The summed E-state index contributed by atoms with van der Waals surface area (Å²) in [6, 6.07) is 11.6. The average molecular weight is 378 g/mol. The van der Waals surface area contributed by atoms with Crippen LogP contribution in [0.2, 0.25) is 0 Å². The zero-order valence-electron chi connectivity index (χ0n) is 16.1. The van der Waals surface area contributed by atoms with Crippen LogP contribution >= 0.6 is 0 Å². The molecule has 0 spiro atoms. The summed E-state index contributed by atoms with van der Waals surface area (Å²) in [5, 5.41) is 1.05. The third-order valence-electron chi connectivity index (χ3n) is 5.79. The predicted octanol–water partition coefficient (Wildman–Crippen LogP) is 3.69. The number of aromatic amines is 1. The van der Waals surface area contributed by atoms with Crippen LogP contribution in [-0.4, -0.2) is 33.6 Å². The summed E-state index contributed by atoms with van der Waals surface area (Å²) in [4.78, 5) is 29.7. The lowest BCUT2D eigenvalue weighted by Crippen LogP contribution is -2.32. The number of fused-ring (bicyclic) bond motifs is 1. The summed E-state index contributed by atoms with van der Waals surface area (Å²) in [6.07, 6.45) is 7.97. The lowest BCUT2D eigenvalue weighted by atomic mass is 9.94. The van der Waals surface area contributed by atoms with E-state index in [1.807, 2.05) is 6.07 Å². The maximum absolute atomic E-state index is 12.5. The Morgan fingerprint density at radius 2 is 2.00 bits per heavy atom. The van der Waals surface area contributed by atoms with Crippen molar-refractivity contribution in [2.75, 3.05) is 7.05 Å². The highest BCUT2D eigenvalue weighted by Crippen LogP contribution is 2.26. The van der Waals surface area contributed by atoms with Crippen LogP contribution in [0.3, 0.4) is 0 Å². The maximum Gasteiger partial charge on any atom is 0.325 e. The molecule has 3 aromatic rings. The quantitative estimate of drug-likeness (QED) is 0.726. The third-order valence-corrected chi connectivity index (χ3v) is 5.79. The molecule has 1 aromatic carbocycles. The smallest absolute Gasteiger partial charge is 0.325 e. The molecule has 0 bridgehead atoms. The number of hydrogen-bond donors (Lipinski definition) is 2. The van der Waals surface area contributed by atoms with Gasteiger partial charge in [-0.1, -0.05) is 25.3 Å². The van der Waals surface area contributed by atoms with Crippen molar-refractivity contribution in [1.29, 1.82) is 0 Å². The summed E-state index contributed by atoms with van der Waals surface area (Å²) in [5.74, 6) is 0. The van der Waals surface area contributed by atoms with Crippen LogP contribution in [0.1, 0.15) is 37.7 Å². The zero-order chi connectivity index (χ0) is 19.7. The number of aromatic nitrogens is 2. The van der Waals surface area contributed by atoms with Gasteiger partial charge in [-0.15, -0.1) is 0 Å². The first-order chi connectivity index (χ1) is 13.5. The number of nitrogens with zero attached hydrogens (tertiary/aromatic N) is 2. The Hall–Kier alpha value is -2.86. The van der Waals surface area contributed by atoms with Gasteiger partial charge in [0, 0.05) is 29.7 Å². The van der Waals surface area contributed by atoms with Gasteiger partial charge >= 0.3 is 6.03 Å². The van der Waals surface area contributed by atoms with E-state index in [4.69, 9.17) is 5.73 Å². The molecule has 1 fully saturated rings. The molecular formula is C22H26N4O2. The fourth-order valence-electron chi connectivity index (χ4n) is 4.24. The molecule has 1 amide bonds. The van der Waals surface area contributed by atoms with Crippen LogP contribution in [0, 0.1) is 0 Å². The lowest BCUT2D eigenvalue weighted by molar-refractivity contribution is 0.184. The molecule has 1 aliphatic carbocycles. The van der Waals surface area contributed by atoms with Crippen molar-refractivity contribution in [2.24, 2.45) is 5.73 Å². The third kappa shape index (κ3) is 3.60. The molecule has 0 saturated heterocycles. The van der Waals surface area contributed by atoms with Gasteiger partial charge in [0.15, 0.2) is 0 Å². The second kappa shape index (κ2) is 7.64. The molecule has 0 radical (unpaired) electrons. The molecule has 0 unspecified atom stereocenters. The Labute approximate surface area is 164 Å². The van der Waals surface area contributed by atoms with Gasteiger partial charge in [0.05, 0.1) is 11.3 Å². The molecular weight excluding hydrogens is 352 g/mol. The second-order valence-corrected chi connectivity index (χ2v) is 7.75. The topological polar surface area (TPSA) is 84.1 Å². The van der Waals surface area contributed by atoms with Crippen LogP contribution in [0.4, 0.5) is 4.79 Å². The maximum atomic E-state index is 12.5. The predicted molar refractivity (Wildman–Crippen MR) is 111 cm³/mol. The molecule has 0 atom stereocenters. The average Bonchev–Trinajstić information content (AvgIpc) is 3.11. The largest absolute Gasteiger partial charge is 0.354 e. The van der Waals surface area contributed by atoms with Gasteiger partial charge in [-0.25, -0.2) is 9.36 Å². The molecule has 2 aromatic heterocycles. The van der Waals surface area contributed by atoms with Crippen LogP contribution in [0.25, 0.3) is 22.2 Å². The SMILES string of the molecule is CN(Cc1ccc2[nH]c(-c3cccn(C(N)=O)c3=O)cc2c1)C1CCCCC1. The number of carbonyl (C=O) groups is 1. The van der Waals surface area contributed by atoms with E-state index < -0.39 is 11.6 Å². The molecule has 1 aliphatic rings. The molecule has 1 saturated carbocycles. The van der Waals surface area contributed by atoms with Crippen molar-refractivity contribution in [3.05, 3.63) is 58.5 Å².